The van der Waals surface area contributed by atoms with Crippen LogP contribution >= 0.6 is 0 Å². The number of hydrogen-bond donors (Lipinski definition) is 1. The van der Waals surface area contributed by atoms with Gasteiger partial charge in [-0.15, -0.1) is 5.10 Å². The van der Waals surface area contributed by atoms with E-state index in [0.717, 1.165) is 34.8 Å². The quantitative estimate of drug-likeness (QED) is 0.598. The normalized spacial score (nSPS) is 13.6. The van der Waals surface area contributed by atoms with Crippen LogP contribution in [-0.2, 0) is 0 Å². The molecular weight excluding hydrogens is 324 g/mol. The topological polar surface area (TPSA) is 59.5 Å². The van der Waals surface area contributed by atoms with Crippen LogP contribution in [0, 0.1) is 5.92 Å². The molecular formula is C20H24N6. The first-order valence-corrected chi connectivity index (χ1v) is 9.29. The van der Waals surface area contributed by atoms with Crippen molar-refractivity contribution in [1.82, 2.24) is 24.0 Å². The molecule has 6 nitrogen and oxygen atoms in total. The maximum absolute atomic E-state index is 4.55. The van der Waals surface area contributed by atoms with Gasteiger partial charge in [0.05, 0.1) is 11.7 Å². The van der Waals surface area contributed by atoms with Crippen molar-refractivity contribution in [3.8, 4) is 11.1 Å². The third-order valence-electron chi connectivity index (χ3n) is 4.36. The molecule has 4 aromatic heterocycles. The molecule has 1 aliphatic rings. The van der Waals surface area contributed by atoms with Gasteiger partial charge in [-0.1, -0.05) is 20.3 Å². The largest absolute Gasteiger partial charge is 0.353 e. The number of pyridine rings is 1. The molecule has 0 unspecified atom stereocenters. The zero-order chi connectivity index (χ0) is 17.9. The van der Waals surface area contributed by atoms with Gasteiger partial charge in [0.15, 0.2) is 0 Å². The highest BCUT2D eigenvalue weighted by molar-refractivity contribution is 5.80. The molecule has 1 fully saturated rings. The van der Waals surface area contributed by atoms with Crippen molar-refractivity contribution in [3.05, 3.63) is 49.2 Å². The van der Waals surface area contributed by atoms with Crippen molar-refractivity contribution in [2.24, 2.45) is 5.92 Å². The van der Waals surface area contributed by atoms with Crippen molar-refractivity contribution in [3.63, 3.8) is 0 Å². The lowest BCUT2D eigenvalue weighted by atomic mass is 10.1. The van der Waals surface area contributed by atoms with Crippen molar-refractivity contribution in [2.45, 2.75) is 33.1 Å². The van der Waals surface area contributed by atoms with Crippen LogP contribution in [0.15, 0.2) is 49.2 Å². The number of nitrogens with one attached hydrogen (secondary N) is 1. The second-order valence-electron chi connectivity index (χ2n) is 6.78. The summed E-state index contributed by atoms with van der Waals surface area (Å²) in [6.07, 6.45) is 13.6. The summed E-state index contributed by atoms with van der Waals surface area (Å²) in [5.41, 5.74) is 4.19. The van der Waals surface area contributed by atoms with Crippen LogP contribution < -0.4 is 5.32 Å². The summed E-state index contributed by atoms with van der Waals surface area (Å²) in [4.78, 5) is 8.73. The number of anilines is 1. The minimum atomic E-state index is 0.691. The molecule has 26 heavy (non-hydrogen) atoms. The standard InChI is InChI=1S/C17H16N6.C3H8/c1-2-12(1)9-19-17-20-10-15-14(5-7-23(15)21-17)13-3-4-16-18-6-8-22(16)11-13;1-3-2/h3-8,10-12H,1-2,9H2,(H,19,21);3H2,1-2H3. The minimum Gasteiger partial charge on any atom is -0.353 e. The summed E-state index contributed by atoms with van der Waals surface area (Å²) in [5, 5.41) is 7.86. The van der Waals surface area contributed by atoms with E-state index < -0.39 is 0 Å². The van der Waals surface area contributed by atoms with Gasteiger partial charge in [0, 0.05) is 42.5 Å². The second-order valence-corrected chi connectivity index (χ2v) is 6.78. The number of imidazole rings is 1. The highest BCUT2D eigenvalue weighted by atomic mass is 15.3. The fraction of sp³-hybridized carbons (Fsp3) is 0.350. The number of nitrogens with zero attached hydrogens (tertiary/aromatic N) is 5. The van der Waals surface area contributed by atoms with Crippen LogP contribution in [0.4, 0.5) is 5.95 Å². The van der Waals surface area contributed by atoms with E-state index in [4.69, 9.17) is 0 Å². The predicted molar refractivity (Wildman–Crippen MR) is 104 cm³/mol. The number of rotatable bonds is 4. The molecule has 5 rings (SSSR count). The Morgan fingerprint density at radius 2 is 1.96 bits per heavy atom. The van der Waals surface area contributed by atoms with Gasteiger partial charge in [0.25, 0.3) is 0 Å². The Labute approximate surface area is 152 Å². The molecule has 1 saturated carbocycles. The number of fused-ring (bicyclic) bond motifs is 2. The Morgan fingerprint density at radius 3 is 2.77 bits per heavy atom. The number of hydrogen-bond acceptors (Lipinski definition) is 4. The van der Waals surface area contributed by atoms with Crippen molar-refractivity contribution in [2.75, 3.05) is 11.9 Å². The van der Waals surface area contributed by atoms with E-state index in [1.807, 2.05) is 33.6 Å². The lowest BCUT2D eigenvalue weighted by Crippen LogP contribution is -2.08. The summed E-state index contributed by atoms with van der Waals surface area (Å²) >= 11 is 0. The predicted octanol–water partition coefficient (Wildman–Crippen LogP) is 4.28. The average Bonchev–Trinajstić information content (AvgIpc) is 3.20. The highest BCUT2D eigenvalue weighted by Gasteiger charge is 2.21. The zero-order valence-corrected chi connectivity index (χ0v) is 15.3. The first-order valence-electron chi connectivity index (χ1n) is 9.29. The van der Waals surface area contributed by atoms with E-state index in [1.165, 1.54) is 19.3 Å². The molecule has 1 N–H and O–H groups in total. The third-order valence-corrected chi connectivity index (χ3v) is 4.36. The summed E-state index contributed by atoms with van der Waals surface area (Å²) in [5.74, 6) is 1.49. The highest BCUT2D eigenvalue weighted by Crippen LogP contribution is 2.29. The Hall–Kier alpha value is -2.89. The van der Waals surface area contributed by atoms with Gasteiger partial charge in [-0.05, 0) is 37.0 Å². The van der Waals surface area contributed by atoms with Gasteiger partial charge in [-0.3, -0.25) is 0 Å². The van der Waals surface area contributed by atoms with Crippen molar-refractivity contribution < 1.29 is 0 Å². The third kappa shape index (κ3) is 3.40. The Morgan fingerprint density at radius 1 is 1.12 bits per heavy atom. The lowest BCUT2D eigenvalue weighted by molar-refractivity contribution is 0.842. The lowest BCUT2D eigenvalue weighted by Gasteiger charge is -2.05. The summed E-state index contributed by atoms with van der Waals surface area (Å²) in [7, 11) is 0. The zero-order valence-electron chi connectivity index (χ0n) is 15.3. The van der Waals surface area contributed by atoms with Gasteiger partial charge in [0.1, 0.15) is 5.65 Å². The van der Waals surface area contributed by atoms with Gasteiger partial charge in [-0.25, -0.2) is 14.5 Å². The molecule has 0 radical (unpaired) electrons. The molecule has 0 saturated heterocycles. The van der Waals surface area contributed by atoms with E-state index in [2.05, 4.69) is 52.6 Å². The molecule has 0 aliphatic heterocycles. The SMILES string of the molecule is CCC.c1cn2cc(-c3ccn4nc(NCC5CC5)ncc34)ccc2n1. The second kappa shape index (κ2) is 7.15. The molecule has 4 heterocycles. The van der Waals surface area contributed by atoms with Gasteiger partial charge in [-0.2, -0.15) is 0 Å². The molecule has 0 aromatic carbocycles. The maximum Gasteiger partial charge on any atom is 0.241 e. The van der Waals surface area contributed by atoms with Crippen LogP contribution in [0.1, 0.15) is 33.1 Å². The molecule has 0 bridgehead atoms. The van der Waals surface area contributed by atoms with E-state index in [9.17, 15) is 0 Å². The van der Waals surface area contributed by atoms with Crippen LogP contribution in [0.25, 0.3) is 22.3 Å². The molecule has 0 atom stereocenters. The number of aromatic nitrogens is 5. The Bertz CT molecular complexity index is 1010. The van der Waals surface area contributed by atoms with Gasteiger partial charge < -0.3 is 9.72 Å². The Kier molecular flexibility index (Phi) is 4.56. The molecule has 0 amide bonds. The summed E-state index contributed by atoms with van der Waals surface area (Å²) in [6.45, 7) is 5.22. The first-order chi connectivity index (χ1) is 12.8. The van der Waals surface area contributed by atoms with Crippen LogP contribution in [0.2, 0.25) is 0 Å². The molecule has 0 spiro atoms. The van der Waals surface area contributed by atoms with Gasteiger partial charge in [0.2, 0.25) is 5.95 Å². The first kappa shape index (κ1) is 16.6. The van der Waals surface area contributed by atoms with Crippen LogP contribution in [0.5, 0.6) is 0 Å². The van der Waals surface area contributed by atoms with E-state index in [-0.39, 0.29) is 0 Å². The molecule has 6 heteroatoms. The minimum absolute atomic E-state index is 0.691. The smallest absolute Gasteiger partial charge is 0.241 e. The summed E-state index contributed by atoms with van der Waals surface area (Å²) < 4.78 is 3.90. The summed E-state index contributed by atoms with van der Waals surface area (Å²) in [6, 6.07) is 6.18. The fourth-order valence-corrected chi connectivity index (χ4v) is 2.86. The molecule has 4 aromatic rings. The van der Waals surface area contributed by atoms with E-state index >= 15 is 0 Å². The average molecular weight is 348 g/mol. The van der Waals surface area contributed by atoms with Crippen molar-refractivity contribution in [1.29, 1.82) is 0 Å². The maximum atomic E-state index is 4.55. The fourth-order valence-electron chi connectivity index (χ4n) is 2.86. The van der Waals surface area contributed by atoms with Crippen LogP contribution in [-0.4, -0.2) is 30.5 Å². The van der Waals surface area contributed by atoms with E-state index in [0.29, 0.717) is 5.95 Å². The van der Waals surface area contributed by atoms with Crippen molar-refractivity contribution >= 4 is 17.1 Å². The molecule has 134 valence electrons. The van der Waals surface area contributed by atoms with Gasteiger partial charge >= 0.3 is 0 Å². The Balaban J connectivity index is 0.000000527. The van der Waals surface area contributed by atoms with E-state index in [1.54, 1.807) is 6.20 Å². The van der Waals surface area contributed by atoms with Crippen LogP contribution in [0.3, 0.4) is 0 Å². The monoisotopic (exact) mass is 348 g/mol. The molecule has 1 aliphatic carbocycles.